The van der Waals surface area contributed by atoms with Gasteiger partial charge in [-0.25, -0.2) is 4.68 Å². The zero-order valence-corrected chi connectivity index (χ0v) is 17.6. The summed E-state index contributed by atoms with van der Waals surface area (Å²) in [5.41, 5.74) is 9.55. The van der Waals surface area contributed by atoms with E-state index in [1.807, 2.05) is 55.5 Å². The predicted molar refractivity (Wildman–Crippen MR) is 116 cm³/mol. The summed E-state index contributed by atoms with van der Waals surface area (Å²) < 4.78 is 7.00. The molecule has 0 aliphatic rings. The summed E-state index contributed by atoms with van der Waals surface area (Å²) in [4.78, 5) is 12.5. The molecule has 0 atom stereocenters. The lowest BCUT2D eigenvalue weighted by Crippen LogP contribution is -2.26. The summed E-state index contributed by atoms with van der Waals surface area (Å²) in [6, 6.07) is 15.7. The molecule has 9 nitrogen and oxygen atoms in total. The van der Waals surface area contributed by atoms with Crippen molar-refractivity contribution < 1.29 is 4.74 Å². The summed E-state index contributed by atoms with van der Waals surface area (Å²) in [5, 5.41) is 18.5. The summed E-state index contributed by atoms with van der Waals surface area (Å²) in [5.74, 6) is 0.759. The lowest BCUT2D eigenvalue weighted by molar-refractivity contribution is 0.316. The van der Waals surface area contributed by atoms with Crippen LogP contribution in [0.15, 0.2) is 57.8 Å². The van der Waals surface area contributed by atoms with Crippen molar-refractivity contribution in [1.82, 2.24) is 30.4 Å². The highest BCUT2D eigenvalue weighted by atomic mass is 79.9. The number of hydrogen-bond acceptors (Lipinski definition) is 7. The predicted octanol–water partition coefficient (Wildman–Crippen LogP) is 2.88. The third-order valence-electron chi connectivity index (χ3n) is 4.49. The Balaban J connectivity index is 1.64. The molecule has 2 heterocycles. The minimum Gasteiger partial charge on any atom is -0.475 e. The van der Waals surface area contributed by atoms with Gasteiger partial charge < -0.3 is 10.5 Å². The highest BCUT2D eigenvalue weighted by molar-refractivity contribution is 9.10. The van der Waals surface area contributed by atoms with Crippen LogP contribution in [0, 0.1) is 0 Å². The fourth-order valence-corrected chi connectivity index (χ4v) is 3.42. The Kier molecular flexibility index (Phi) is 5.57. The molecule has 152 valence electrons. The molecule has 10 heteroatoms. The van der Waals surface area contributed by atoms with Crippen LogP contribution in [0.5, 0.6) is 5.88 Å². The first-order valence-corrected chi connectivity index (χ1v) is 9.98. The molecule has 0 saturated carbocycles. The van der Waals surface area contributed by atoms with E-state index in [2.05, 4.69) is 41.7 Å². The van der Waals surface area contributed by atoms with Crippen molar-refractivity contribution in [3.05, 3.63) is 68.9 Å². The van der Waals surface area contributed by atoms with Crippen molar-refractivity contribution >= 4 is 21.6 Å². The normalized spacial score (nSPS) is 10.9. The number of benzene rings is 2. The molecule has 0 fully saturated rings. The first-order chi connectivity index (χ1) is 14.6. The van der Waals surface area contributed by atoms with Gasteiger partial charge in [-0.15, -0.1) is 15.3 Å². The first kappa shape index (κ1) is 19.8. The van der Waals surface area contributed by atoms with E-state index < -0.39 is 0 Å². The number of nitrogens with zero attached hydrogens (tertiary/aromatic N) is 5. The van der Waals surface area contributed by atoms with E-state index in [4.69, 9.17) is 10.5 Å². The van der Waals surface area contributed by atoms with Crippen LogP contribution >= 0.6 is 15.9 Å². The number of aromatic amines is 1. The Hall–Kier alpha value is -3.53. The molecule has 0 saturated heterocycles. The highest BCUT2D eigenvalue weighted by Gasteiger charge is 2.15. The van der Waals surface area contributed by atoms with E-state index in [1.165, 1.54) is 4.68 Å². The number of nitrogen functional groups attached to an aromatic ring is 1. The molecule has 0 radical (unpaired) electrons. The molecule has 4 aromatic rings. The molecule has 0 bridgehead atoms. The Morgan fingerprint density at radius 3 is 2.53 bits per heavy atom. The summed E-state index contributed by atoms with van der Waals surface area (Å²) in [6.07, 6.45) is 0. The Bertz CT molecular complexity index is 1220. The highest BCUT2D eigenvalue weighted by Crippen LogP contribution is 2.30. The van der Waals surface area contributed by atoms with Gasteiger partial charge in [-0.2, -0.15) is 5.21 Å². The molecule has 0 aliphatic carbocycles. The number of tetrazole rings is 1. The smallest absolute Gasteiger partial charge is 0.283 e. The molecular weight excluding hydrogens is 450 g/mol. The van der Waals surface area contributed by atoms with Crippen LogP contribution in [0.1, 0.15) is 12.5 Å². The topological polar surface area (TPSA) is 125 Å². The first-order valence-electron chi connectivity index (χ1n) is 9.19. The second-order valence-electron chi connectivity index (χ2n) is 6.41. The van der Waals surface area contributed by atoms with Crippen molar-refractivity contribution in [2.24, 2.45) is 0 Å². The molecule has 3 N–H and O–H groups in total. The molecule has 2 aromatic carbocycles. The van der Waals surface area contributed by atoms with Gasteiger partial charge in [-0.3, -0.25) is 4.79 Å². The Labute approximate surface area is 180 Å². The fraction of sp³-hybridized carbons (Fsp3) is 0.150. The van der Waals surface area contributed by atoms with Crippen LogP contribution in [0.25, 0.3) is 22.5 Å². The average molecular weight is 468 g/mol. The molecule has 30 heavy (non-hydrogen) atoms. The van der Waals surface area contributed by atoms with Gasteiger partial charge in [0.25, 0.3) is 11.4 Å². The SMILES string of the molecule is CCOc1nn(Cc2ccc(-c3ccccc3-c3nn[nH]n3)cc2)c(=O)c(Br)c1N. The Morgan fingerprint density at radius 2 is 1.87 bits per heavy atom. The molecule has 0 spiro atoms. The number of H-pyrrole nitrogens is 1. The third-order valence-corrected chi connectivity index (χ3v) is 5.26. The largest absolute Gasteiger partial charge is 0.475 e. The van der Waals surface area contributed by atoms with Gasteiger partial charge in [-0.05, 0) is 44.8 Å². The second-order valence-corrected chi connectivity index (χ2v) is 7.20. The van der Waals surface area contributed by atoms with Gasteiger partial charge in [0.05, 0.1) is 13.2 Å². The van der Waals surface area contributed by atoms with Crippen LogP contribution < -0.4 is 16.0 Å². The molecule has 4 rings (SSSR count). The van der Waals surface area contributed by atoms with Gasteiger partial charge in [0.1, 0.15) is 10.2 Å². The van der Waals surface area contributed by atoms with Crippen molar-refractivity contribution in [2.45, 2.75) is 13.5 Å². The van der Waals surface area contributed by atoms with Crippen molar-refractivity contribution in [3.8, 4) is 28.4 Å². The number of aromatic nitrogens is 6. The molecule has 0 amide bonds. The average Bonchev–Trinajstić information content (AvgIpc) is 3.31. The molecular formula is C20H18BrN7O2. The number of nitrogens with one attached hydrogen (secondary N) is 1. The zero-order valence-electron chi connectivity index (χ0n) is 16.0. The summed E-state index contributed by atoms with van der Waals surface area (Å²) in [6.45, 7) is 2.51. The van der Waals surface area contributed by atoms with Gasteiger partial charge in [-0.1, -0.05) is 48.5 Å². The van der Waals surface area contributed by atoms with Crippen LogP contribution in [-0.4, -0.2) is 37.0 Å². The fourth-order valence-electron chi connectivity index (χ4n) is 3.05. The number of hydrogen-bond donors (Lipinski definition) is 2. The molecule has 0 unspecified atom stereocenters. The standard InChI is InChI=1S/C20H18BrN7O2/c1-2-30-19-17(22)16(21)20(29)28(25-19)11-12-7-9-13(10-8-12)14-5-3-4-6-15(14)18-23-26-27-24-18/h3-10H,2,11,22H2,1H3,(H,23,24,26,27). The van der Waals surface area contributed by atoms with E-state index in [1.54, 1.807) is 0 Å². The maximum atomic E-state index is 12.5. The van der Waals surface area contributed by atoms with E-state index in [-0.39, 0.29) is 28.1 Å². The minimum atomic E-state index is -0.317. The van der Waals surface area contributed by atoms with Crippen LogP contribution in [0.3, 0.4) is 0 Å². The van der Waals surface area contributed by atoms with Gasteiger partial charge in [0.15, 0.2) is 0 Å². The van der Waals surface area contributed by atoms with E-state index in [0.717, 1.165) is 22.3 Å². The van der Waals surface area contributed by atoms with Crippen LogP contribution in [-0.2, 0) is 6.54 Å². The number of ether oxygens (including phenoxy) is 1. The monoisotopic (exact) mass is 467 g/mol. The molecule has 0 aliphatic heterocycles. The second kappa shape index (κ2) is 8.46. The number of halogens is 1. The quantitative estimate of drug-likeness (QED) is 0.446. The maximum absolute atomic E-state index is 12.5. The number of nitrogens with two attached hydrogens (primary N) is 1. The van der Waals surface area contributed by atoms with Crippen molar-refractivity contribution in [2.75, 3.05) is 12.3 Å². The van der Waals surface area contributed by atoms with Crippen LogP contribution in [0.4, 0.5) is 5.69 Å². The van der Waals surface area contributed by atoms with Gasteiger partial charge in [0, 0.05) is 5.56 Å². The van der Waals surface area contributed by atoms with Gasteiger partial charge >= 0.3 is 0 Å². The number of rotatable bonds is 6. The lowest BCUT2D eigenvalue weighted by Gasteiger charge is -2.12. The Morgan fingerprint density at radius 1 is 1.13 bits per heavy atom. The lowest BCUT2D eigenvalue weighted by atomic mass is 9.98. The maximum Gasteiger partial charge on any atom is 0.283 e. The zero-order chi connectivity index (χ0) is 21.1. The van der Waals surface area contributed by atoms with E-state index >= 15 is 0 Å². The third kappa shape index (κ3) is 3.81. The van der Waals surface area contributed by atoms with Crippen molar-refractivity contribution in [3.63, 3.8) is 0 Å². The van der Waals surface area contributed by atoms with Crippen molar-refractivity contribution in [1.29, 1.82) is 0 Å². The molecule has 2 aromatic heterocycles. The summed E-state index contributed by atoms with van der Waals surface area (Å²) >= 11 is 3.24. The summed E-state index contributed by atoms with van der Waals surface area (Å²) in [7, 11) is 0. The van der Waals surface area contributed by atoms with Gasteiger partial charge in [0.2, 0.25) is 5.82 Å². The van der Waals surface area contributed by atoms with E-state index in [0.29, 0.717) is 12.4 Å². The number of anilines is 1. The van der Waals surface area contributed by atoms with E-state index in [9.17, 15) is 4.79 Å². The van der Waals surface area contributed by atoms with Crippen LogP contribution in [0.2, 0.25) is 0 Å². The minimum absolute atomic E-state index is 0.200.